The molecule has 1 aliphatic heterocycles. The summed E-state index contributed by atoms with van der Waals surface area (Å²) in [6, 6.07) is 0.537. The highest BCUT2D eigenvalue weighted by molar-refractivity contribution is 6.34. The molecule has 6 nitrogen and oxygen atoms in total. The number of hydrogen-bond acceptors (Lipinski definition) is 4. The van der Waals surface area contributed by atoms with Gasteiger partial charge in [-0.25, -0.2) is 5.01 Å². The Kier molecular flexibility index (Phi) is 5.37. The van der Waals surface area contributed by atoms with Crippen molar-refractivity contribution >= 4 is 11.8 Å². The van der Waals surface area contributed by atoms with Gasteiger partial charge in [0.15, 0.2) is 0 Å². The molecular weight excluding hydrogens is 220 g/mol. The van der Waals surface area contributed by atoms with E-state index < -0.39 is 11.8 Å². The zero-order valence-corrected chi connectivity index (χ0v) is 10.5. The quantitative estimate of drug-likeness (QED) is 0.574. The number of nitrogens with one attached hydrogen (secondary N) is 2. The van der Waals surface area contributed by atoms with Crippen LogP contribution in [0, 0.1) is 0 Å². The molecule has 1 fully saturated rings. The molecule has 2 amide bonds. The van der Waals surface area contributed by atoms with E-state index in [1.54, 1.807) is 0 Å². The van der Waals surface area contributed by atoms with Crippen molar-refractivity contribution < 1.29 is 9.59 Å². The van der Waals surface area contributed by atoms with Crippen molar-refractivity contribution in [3.63, 3.8) is 0 Å². The molecule has 1 rings (SSSR count). The second-order valence-corrected chi connectivity index (χ2v) is 4.52. The summed E-state index contributed by atoms with van der Waals surface area (Å²) in [7, 11) is 0. The average Bonchev–Trinajstić information content (AvgIpc) is 2.30. The van der Waals surface area contributed by atoms with Gasteiger partial charge < -0.3 is 11.1 Å². The molecule has 4 N–H and O–H groups in total. The third-order valence-corrected chi connectivity index (χ3v) is 3.06. The monoisotopic (exact) mass is 242 g/mol. The fourth-order valence-corrected chi connectivity index (χ4v) is 2.08. The number of rotatable bonds is 3. The van der Waals surface area contributed by atoms with Crippen molar-refractivity contribution in [1.82, 2.24) is 15.8 Å². The van der Waals surface area contributed by atoms with Gasteiger partial charge in [0.1, 0.15) is 0 Å². The third-order valence-electron chi connectivity index (χ3n) is 3.06. The Bertz CT molecular complexity index is 273. The zero-order chi connectivity index (χ0) is 12.8. The zero-order valence-electron chi connectivity index (χ0n) is 10.5. The Morgan fingerprint density at radius 3 is 2.35 bits per heavy atom. The molecule has 6 heteroatoms. The van der Waals surface area contributed by atoms with E-state index in [4.69, 9.17) is 5.73 Å². The number of hydrogen-bond donors (Lipinski definition) is 3. The van der Waals surface area contributed by atoms with Crippen molar-refractivity contribution in [3.8, 4) is 0 Å². The van der Waals surface area contributed by atoms with Crippen molar-refractivity contribution in [1.29, 1.82) is 0 Å². The Morgan fingerprint density at radius 2 is 1.82 bits per heavy atom. The lowest BCUT2D eigenvalue weighted by Crippen LogP contribution is -2.57. The van der Waals surface area contributed by atoms with E-state index in [-0.39, 0.29) is 12.1 Å². The molecule has 0 spiro atoms. The molecule has 0 aromatic rings. The normalized spacial score (nSPS) is 25.4. The average molecular weight is 242 g/mol. The van der Waals surface area contributed by atoms with Gasteiger partial charge in [-0.1, -0.05) is 6.42 Å². The largest absolute Gasteiger partial charge is 0.347 e. The second-order valence-electron chi connectivity index (χ2n) is 4.52. The number of piperidine rings is 1. The Balaban J connectivity index is 2.46. The minimum Gasteiger partial charge on any atom is -0.347 e. The summed E-state index contributed by atoms with van der Waals surface area (Å²) >= 11 is 0. The summed E-state index contributed by atoms with van der Waals surface area (Å²) in [5.41, 5.74) is 7.92. The highest BCUT2D eigenvalue weighted by Gasteiger charge is 2.27. The van der Waals surface area contributed by atoms with Gasteiger partial charge in [-0.2, -0.15) is 0 Å². The van der Waals surface area contributed by atoms with Crippen molar-refractivity contribution in [3.05, 3.63) is 0 Å². The maximum Gasteiger partial charge on any atom is 0.323 e. The van der Waals surface area contributed by atoms with Crippen LogP contribution in [-0.2, 0) is 9.59 Å². The minimum atomic E-state index is -0.625. The number of carbonyl (C=O) groups excluding carboxylic acids is 2. The molecular formula is C11H22N4O2. The first-order valence-electron chi connectivity index (χ1n) is 6.13. The van der Waals surface area contributed by atoms with Gasteiger partial charge in [0.05, 0.1) is 0 Å². The number of hydrazine groups is 1. The molecule has 1 saturated heterocycles. The van der Waals surface area contributed by atoms with Crippen LogP contribution in [0.2, 0.25) is 0 Å². The van der Waals surface area contributed by atoms with Crippen LogP contribution < -0.4 is 16.5 Å². The summed E-state index contributed by atoms with van der Waals surface area (Å²) in [5.74, 6) is -1.24. The highest BCUT2D eigenvalue weighted by Crippen LogP contribution is 2.19. The smallest absolute Gasteiger partial charge is 0.323 e. The summed E-state index contributed by atoms with van der Waals surface area (Å²) in [4.78, 5) is 23.0. The van der Waals surface area contributed by atoms with Crippen LogP contribution in [0.15, 0.2) is 0 Å². The lowest BCUT2D eigenvalue weighted by atomic mass is 10.00. The van der Waals surface area contributed by atoms with Crippen LogP contribution in [0.5, 0.6) is 0 Å². The Labute approximate surface area is 102 Å². The van der Waals surface area contributed by atoms with E-state index in [0.717, 1.165) is 19.3 Å². The van der Waals surface area contributed by atoms with Crippen molar-refractivity contribution in [2.75, 3.05) is 13.1 Å². The Morgan fingerprint density at radius 1 is 1.24 bits per heavy atom. The SMILES string of the molecule is CC1CCCC(C)N1NC(=O)C(=O)NCCN. The molecule has 0 saturated carbocycles. The van der Waals surface area contributed by atoms with Gasteiger partial charge in [-0.3, -0.25) is 15.0 Å². The first-order chi connectivity index (χ1) is 8.06. The molecule has 0 bridgehead atoms. The predicted molar refractivity (Wildman–Crippen MR) is 64.8 cm³/mol. The van der Waals surface area contributed by atoms with Crippen LogP contribution in [0.1, 0.15) is 33.1 Å². The fourth-order valence-electron chi connectivity index (χ4n) is 2.08. The fraction of sp³-hybridized carbons (Fsp3) is 0.818. The van der Waals surface area contributed by atoms with E-state index >= 15 is 0 Å². The maximum absolute atomic E-state index is 11.6. The van der Waals surface area contributed by atoms with Gasteiger partial charge in [0.2, 0.25) is 0 Å². The molecule has 0 aromatic heterocycles. The highest BCUT2D eigenvalue weighted by atomic mass is 16.2. The summed E-state index contributed by atoms with van der Waals surface area (Å²) in [6.45, 7) is 4.74. The predicted octanol–water partition coefficient (Wildman–Crippen LogP) is -0.645. The number of nitrogens with zero attached hydrogens (tertiary/aromatic N) is 1. The summed E-state index contributed by atoms with van der Waals surface area (Å²) in [5, 5.41) is 4.32. The lowest BCUT2D eigenvalue weighted by Gasteiger charge is -2.38. The molecule has 0 aromatic carbocycles. The van der Waals surface area contributed by atoms with Crippen molar-refractivity contribution in [2.24, 2.45) is 5.73 Å². The van der Waals surface area contributed by atoms with Crippen LogP contribution >= 0.6 is 0 Å². The maximum atomic E-state index is 11.6. The minimum absolute atomic E-state index is 0.269. The molecule has 0 radical (unpaired) electrons. The van der Waals surface area contributed by atoms with Gasteiger partial charge in [0.25, 0.3) is 0 Å². The Hall–Kier alpha value is -1.14. The standard InChI is InChI=1S/C11H22N4O2/c1-8-4-3-5-9(2)15(8)14-11(17)10(16)13-7-6-12/h8-9H,3-7,12H2,1-2H3,(H,13,16)(H,14,17). The molecule has 1 heterocycles. The van der Waals surface area contributed by atoms with Crippen LogP contribution in [-0.4, -0.2) is 42.0 Å². The molecule has 2 unspecified atom stereocenters. The molecule has 1 aliphatic rings. The first-order valence-corrected chi connectivity index (χ1v) is 6.13. The number of amides is 2. The van der Waals surface area contributed by atoms with Gasteiger partial charge >= 0.3 is 11.8 Å². The summed E-state index contributed by atoms with van der Waals surface area (Å²) < 4.78 is 0. The topological polar surface area (TPSA) is 87.5 Å². The molecule has 0 aliphatic carbocycles. The van der Waals surface area contributed by atoms with Crippen LogP contribution in [0.3, 0.4) is 0 Å². The lowest BCUT2D eigenvalue weighted by molar-refractivity contribution is -0.144. The molecule has 2 atom stereocenters. The van der Waals surface area contributed by atoms with Crippen LogP contribution in [0.4, 0.5) is 0 Å². The second kappa shape index (κ2) is 6.56. The first kappa shape index (κ1) is 13.9. The van der Waals surface area contributed by atoms with E-state index in [2.05, 4.69) is 10.7 Å². The number of carbonyl (C=O) groups is 2. The van der Waals surface area contributed by atoms with E-state index in [0.29, 0.717) is 13.1 Å². The van der Waals surface area contributed by atoms with Gasteiger partial charge in [-0.15, -0.1) is 0 Å². The van der Waals surface area contributed by atoms with Crippen molar-refractivity contribution in [2.45, 2.75) is 45.2 Å². The van der Waals surface area contributed by atoms with E-state index in [1.807, 2.05) is 18.9 Å². The van der Waals surface area contributed by atoms with E-state index in [9.17, 15) is 9.59 Å². The van der Waals surface area contributed by atoms with Gasteiger partial charge in [-0.05, 0) is 26.7 Å². The summed E-state index contributed by atoms with van der Waals surface area (Å²) in [6.07, 6.45) is 3.23. The van der Waals surface area contributed by atoms with Crippen LogP contribution in [0.25, 0.3) is 0 Å². The third kappa shape index (κ3) is 3.98. The van der Waals surface area contributed by atoms with E-state index in [1.165, 1.54) is 0 Å². The number of nitrogens with two attached hydrogens (primary N) is 1. The van der Waals surface area contributed by atoms with Gasteiger partial charge in [0, 0.05) is 25.2 Å². The molecule has 98 valence electrons. The molecule has 17 heavy (non-hydrogen) atoms.